The number of benzene rings is 3. The maximum Gasteiger partial charge on any atom is 0.410 e. The summed E-state index contributed by atoms with van der Waals surface area (Å²) in [7, 11) is 0. The van der Waals surface area contributed by atoms with Crippen LogP contribution in [0.3, 0.4) is 0 Å². The fourth-order valence-electron chi connectivity index (χ4n) is 5.69. The van der Waals surface area contributed by atoms with E-state index in [1.54, 1.807) is 21.6 Å². The smallest absolute Gasteiger partial charge is 0.410 e. The number of amides is 2. The van der Waals surface area contributed by atoms with Crippen LogP contribution in [0.4, 0.5) is 4.79 Å². The number of carbonyl (C=O) groups excluding carboxylic acids is 3. The van der Waals surface area contributed by atoms with E-state index in [1.165, 1.54) is 6.08 Å². The van der Waals surface area contributed by atoms with Crippen molar-refractivity contribution in [2.24, 2.45) is 0 Å². The Bertz CT molecular complexity index is 1230. The van der Waals surface area contributed by atoms with E-state index < -0.39 is 16.9 Å². The van der Waals surface area contributed by atoms with Crippen molar-refractivity contribution in [1.29, 1.82) is 0 Å². The number of nitrogens with zero attached hydrogens (tertiary/aromatic N) is 2. The van der Waals surface area contributed by atoms with Gasteiger partial charge in [-0.05, 0) is 23.1 Å². The first-order valence-electron chi connectivity index (χ1n) is 13.7. The summed E-state index contributed by atoms with van der Waals surface area (Å²) < 4.78 is 4.86. The van der Waals surface area contributed by atoms with Gasteiger partial charge in [0.2, 0.25) is 5.91 Å². The van der Waals surface area contributed by atoms with Gasteiger partial charge in [0, 0.05) is 37.7 Å². The molecule has 0 bridgehead atoms. The van der Waals surface area contributed by atoms with Gasteiger partial charge in [-0.25, -0.2) is 4.79 Å². The molecule has 0 saturated carbocycles. The minimum atomic E-state index is -0.650. The van der Waals surface area contributed by atoms with Crippen molar-refractivity contribution in [2.45, 2.75) is 35.3 Å². The maximum atomic E-state index is 13.8. The molecule has 0 aliphatic carbocycles. The van der Waals surface area contributed by atoms with Gasteiger partial charge in [-0.15, -0.1) is 11.8 Å². The molecule has 2 fully saturated rings. The first kappa shape index (κ1) is 27.7. The molecule has 0 spiro atoms. The van der Waals surface area contributed by atoms with E-state index in [2.05, 4.69) is 43.0 Å². The topological polar surface area (TPSA) is 66.9 Å². The van der Waals surface area contributed by atoms with E-state index in [0.717, 1.165) is 16.7 Å². The summed E-state index contributed by atoms with van der Waals surface area (Å²) in [6.07, 6.45) is 2.22. The zero-order chi connectivity index (χ0) is 28.0. The summed E-state index contributed by atoms with van der Waals surface area (Å²) in [4.78, 5) is 42.1. The lowest BCUT2D eigenvalue weighted by molar-refractivity contribution is -0.138. The number of piperidine rings is 1. The summed E-state index contributed by atoms with van der Waals surface area (Å²) in [5.41, 5.74) is 3.38. The molecular formula is C33H34N2O4S. The molecule has 3 aromatic carbocycles. The van der Waals surface area contributed by atoms with Crippen molar-refractivity contribution in [2.75, 3.05) is 26.2 Å². The highest BCUT2D eigenvalue weighted by Gasteiger charge is 2.47. The monoisotopic (exact) mass is 554 g/mol. The van der Waals surface area contributed by atoms with Gasteiger partial charge in [-0.3, -0.25) is 14.5 Å². The minimum absolute atomic E-state index is 0.0581. The second-order valence-corrected chi connectivity index (χ2v) is 11.7. The van der Waals surface area contributed by atoms with Gasteiger partial charge in [0.05, 0.1) is 4.75 Å². The number of hydrogen-bond donors (Lipinski definition) is 0. The summed E-state index contributed by atoms with van der Waals surface area (Å²) in [5.74, 6) is 0.0559. The summed E-state index contributed by atoms with van der Waals surface area (Å²) in [6.45, 7) is 4.89. The van der Waals surface area contributed by atoms with Crippen molar-refractivity contribution < 1.29 is 19.1 Å². The summed E-state index contributed by atoms with van der Waals surface area (Å²) in [5, 5.41) is -0.0581. The van der Waals surface area contributed by atoms with Gasteiger partial charge in [0.1, 0.15) is 18.4 Å². The summed E-state index contributed by atoms with van der Waals surface area (Å²) >= 11 is 1.78. The van der Waals surface area contributed by atoms with Crippen molar-refractivity contribution in [3.8, 4) is 0 Å². The SMILES string of the molecule is C=CCOC(=O)N1C[C@@H](SC(c2ccccc2)(c2ccccc2)c2ccccc2)C[C@H]1C(=O)N1CCC(=O)CC1. The van der Waals surface area contributed by atoms with Crippen molar-refractivity contribution >= 4 is 29.5 Å². The maximum absolute atomic E-state index is 13.8. The van der Waals surface area contributed by atoms with Crippen LogP contribution in [0.2, 0.25) is 0 Å². The summed E-state index contributed by atoms with van der Waals surface area (Å²) in [6, 6.07) is 30.6. The van der Waals surface area contributed by atoms with Gasteiger partial charge in [0.15, 0.2) is 0 Å². The highest BCUT2D eigenvalue weighted by Crippen LogP contribution is 2.52. The first-order chi connectivity index (χ1) is 19.5. The quantitative estimate of drug-likeness (QED) is 0.265. The van der Waals surface area contributed by atoms with Crippen molar-refractivity contribution in [3.05, 3.63) is 120 Å². The standard InChI is InChI=1S/C33H34N2O4S/c1-2-22-39-32(38)35-24-29(23-30(35)31(37)34-20-18-28(36)19-21-34)40-33(25-12-6-3-7-13-25,26-14-8-4-9-15-26)27-16-10-5-11-17-27/h2-17,29-30H,1,18-24H2/t29-,30-/m0/s1. The van der Waals surface area contributed by atoms with E-state index in [-0.39, 0.29) is 23.5 Å². The van der Waals surface area contributed by atoms with Crippen LogP contribution in [0.5, 0.6) is 0 Å². The second-order valence-electron chi connectivity index (χ2n) is 10.2. The molecule has 2 aliphatic heterocycles. The lowest BCUT2D eigenvalue weighted by Gasteiger charge is -2.37. The molecule has 2 aliphatic rings. The number of ketones is 1. The molecule has 5 rings (SSSR count). The van der Waals surface area contributed by atoms with Crippen LogP contribution < -0.4 is 0 Å². The van der Waals surface area contributed by atoms with Crippen LogP contribution >= 0.6 is 11.8 Å². The van der Waals surface area contributed by atoms with Crippen LogP contribution in [0, 0.1) is 0 Å². The van der Waals surface area contributed by atoms with Crippen LogP contribution in [-0.4, -0.2) is 65.1 Å². The Morgan fingerprint density at radius 3 is 1.85 bits per heavy atom. The number of ether oxygens (including phenoxy) is 1. The average molecular weight is 555 g/mol. The largest absolute Gasteiger partial charge is 0.445 e. The molecule has 2 amide bonds. The highest BCUT2D eigenvalue weighted by molar-refractivity contribution is 8.01. The molecule has 2 atom stereocenters. The van der Waals surface area contributed by atoms with Crippen LogP contribution in [0.15, 0.2) is 104 Å². The number of likely N-dealkylation sites (tertiary alicyclic amines) is 2. The molecule has 7 heteroatoms. The Morgan fingerprint density at radius 1 is 0.875 bits per heavy atom. The fraction of sp³-hybridized carbons (Fsp3) is 0.303. The fourth-order valence-corrected chi connectivity index (χ4v) is 7.52. The Balaban J connectivity index is 1.53. The number of Topliss-reactive ketones (excluding diaryl/α,β-unsaturated/α-hetero) is 1. The van der Waals surface area contributed by atoms with Crippen LogP contribution in [0.1, 0.15) is 36.0 Å². The number of hydrogen-bond acceptors (Lipinski definition) is 5. The predicted octanol–water partition coefficient (Wildman–Crippen LogP) is 5.67. The molecule has 0 N–H and O–H groups in total. The molecule has 0 aromatic heterocycles. The number of rotatable bonds is 8. The molecule has 0 unspecified atom stereocenters. The average Bonchev–Trinajstić information content (AvgIpc) is 3.44. The first-order valence-corrected chi connectivity index (χ1v) is 14.6. The van der Waals surface area contributed by atoms with Crippen molar-refractivity contribution in [1.82, 2.24) is 9.80 Å². The van der Waals surface area contributed by atoms with Crippen LogP contribution in [0.25, 0.3) is 0 Å². The van der Waals surface area contributed by atoms with E-state index in [9.17, 15) is 14.4 Å². The van der Waals surface area contributed by atoms with Crippen LogP contribution in [-0.2, 0) is 19.1 Å². The molecular weight excluding hydrogens is 520 g/mol. The van der Waals surface area contributed by atoms with E-state index in [1.807, 2.05) is 54.6 Å². The molecule has 2 saturated heterocycles. The third kappa shape index (κ3) is 5.70. The van der Waals surface area contributed by atoms with Gasteiger partial charge in [-0.1, -0.05) is 104 Å². The zero-order valence-corrected chi connectivity index (χ0v) is 23.3. The lowest BCUT2D eigenvalue weighted by atomic mass is 9.84. The Morgan fingerprint density at radius 2 is 1.38 bits per heavy atom. The second kappa shape index (κ2) is 12.6. The van der Waals surface area contributed by atoms with Gasteiger partial charge >= 0.3 is 6.09 Å². The highest BCUT2D eigenvalue weighted by atomic mass is 32.2. The Kier molecular flexibility index (Phi) is 8.70. The molecule has 206 valence electrons. The third-order valence-corrected chi connectivity index (χ3v) is 9.36. The van der Waals surface area contributed by atoms with Gasteiger partial charge < -0.3 is 9.64 Å². The molecule has 6 nitrogen and oxygen atoms in total. The Hall–Kier alpha value is -3.84. The normalized spacial score (nSPS) is 19.4. The van der Waals surface area contributed by atoms with Crippen molar-refractivity contribution in [3.63, 3.8) is 0 Å². The number of carbonyl (C=O) groups is 3. The molecule has 3 aromatic rings. The van der Waals surface area contributed by atoms with E-state index in [4.69, 9.17) is 4.74 Å². The third-order valence-electron chi connectivity index (χ3n) is 7.62. The lowest BCUT2D eigenvalue weighted by Crippen LogP contribution is -2.50. The van der Waals surface area contributed by atoms with Gasteiger partial charge in [0.25, 0.3) is 0 Å². The zero-order valence-electron chi connectivity index (χ0n) is 22.5. The molecule has 2 heterocycles. The Labute approximate surface area is 240 Å². The minimum Gasteiger partial charge on any atom is -0.445 e. The van der Waals surface area contributed by atoms with E-state index >= 15 is 0 Å². The molecule has 0 radical (unpaired) electrons. The molecule has 40 heavy (non-hydrogen) atoms. The number of thioether (sulfide) groups is 1. The van der Waals surface area contributed by atoms with Gasteiger partial charge in [-0.2, -0.15) is 0 Å². The predicted molar refractivity (Wildman–Crippen MR) is 158 cm³/mol. The van der Waals surface area contributed by atoms with E-state index in [0.29, 0.717) is 38.9 Å².